The Bertz CT molecular complexity index is 905. The largest absolute Gasteiger partial charge is 0.497 e. The number of anilines is 1. The zero-order valence-electron chi connectivity index (χ0n) is 17.7. The summed E-state index contributed by atoms with van der Waals surface area (Å²) < 4.78 is 5.24. The van der Waals surface area contributed by atoms with Crippen LogP contribution in [0.2, 0.25) is 0 Å². The number of methoxy groups -OCH3 is 1. The molecule has 0 unspecified atom stereocenters. The molecule has 2 aromatic rings. The topological polar surface area (TPSA) is 70.7 Å². The van der Waals surface area contributed by atoms with E-state index in [9.17, 15) is 9.59 Å². The molecular weight excluding hydrogens is 398 g/mol. The van der Waals surface area contributed by atoms with Gasteiger partial charge in [-0.05, 0) is 61.9 Å². The number of thioether (sulfide) groups is 1. The van der Waals surface area contributed by atoms with Crippen LogP contribution in [0.3, 0.4) is 0 Å². The molecule has 1 aliphatic rings. The van der Waals surface area contributed by atoms with Crippen LogP contribution in [-0.2, 0) is 11.3 Å². The van der Waals surface area contributed by atoms with Gasteiger partial charge < -0.3 is 20.3 Å². The fraction of sp³-hybridized carbons (Fsp3) is 0.391. The van der Waals surface area contributed by atoms with E-state index in [1.165, 1.54) is 0 Å². The summed E-state index contributed by atoms with van der Waals surface area (Å²) in [6.07, 6.45) is 3.55. The van der Waals surface area contributed by atoms with Crippen molar-refractivity contribution >= 4 is 29.4 Å². The van der Waals surface area contributed by atoms with Gasteiger partial charge in [0.25, 0.3) is 0 Å². The number of benzene rings is 2. The molecule has 2 aromatic carbocycles. The van der Waals surface area contributed by atoms with E-state index in [1.54, 1.807) is 23.8 Å². The van der Waals surface area contributed by atoms with Crippen LogP contribution < -0.4 is 15.4 Å². The van der Waals surface area contributed by atoms with E-state index in [-0.39, 0.29) is 11.9 Å². The Morgan fingerprint density at radius 3 is 2.77 bits per heavy atom. The van der Waals surface area contributed by atoms with Crippen molar-refractivity contribution in [2.24, 2.45) is 5.41 Å². The molecule has 0 aliphatic carbocycles. The number of carbonyl (C=O) groups excluding carboxylic acids is 2. The summed E-state index contributed by atoms with van der Waals surface area (Å²) >= 11 is 1.63. The average Bonchev–Trinajstić information content (AvgIpc) is 2.77. The lowest BCUT2D eigenvalue weighted by Crippen LogP contribution is -2.52. The maximum absolute atomic E-state index is 13.0. The monoisotopic (exact) mass is 427 g/mol. The SMILES string of the molecule is COc1cccc(CNC(=O)[C@]2(C)CCCN(C(=O)Nc3cccc(SC)c3)C2)c1. The normalized spacial score (nSPS) is 18.6. The molecule has 160 valence electrons. The number of hydrogen-bond acceptors (Lipinski definition) is 4. The maximum Gasteiger partial charge on any atom is 0.321 e. The smallest absolute Gasteiger partial charge is 0.321 e. The van der Waals surface area contributed by atoms with E-state index < -0.39 is 5.41 Å². The van der Waals surface area contributed by atoms with Crippen molar-refractivity contribution in [1.82, 2.24) is 10.2 Å². The van der Waals surface area contributed by atoms with Crippen LogP contribution in [-0.4, -0.2) is 43.3 Å². The first-order valence-corrected chi connectivity index (χ1v) is 11.3. The van der Waals surface area contributed by atoms with Gasteiger partial charge in [0.15, 0.2) is 0 Å². The summed E-state index contributed by atoms with van der Waals surface area (Å²) in [6.45, 7) is 3.40. The number of amides is 3. The van der Waals surface area contributed by atoms with E-state index >= 15 is 0 Å². The van der Waals surface area contributed by atoms with E-state index in [4.69, 9.17) is 4.74 Å². The zero-order valence-corrected chi connectivity index (χ0v) is 18.6. The predicted molar refractivity (Wildman–Crippen MR) is 121 cm³/mol. The molecule has 0 aromatic heterocycles. The molecule has 1 saturated heterocycles. The second-order valence-electron chi connectivity index (χ2n) is 7.78. The number of ether oxygens (including phenoxy) is 1. The average molecular weight is 428 g/mol. The molecule has 1 heterocycles. The molecule has 6 nitrogen and oxygen atoms in total. The number of piperidine rings is 1. The highest BCUT2D eigenvalue weighted by molar-refractivity contribution is 7.98. The molecular formula is C23H29N3O3S. The van der Waals surface area contributed by atoms with Crippen molar-refractivity contribution in [3.63, 3.8) is 0 Å². The quantitative estimate of drug-likeness (QED) is 0.672. The van der Waals surface area contributed by atoms with E-state index in [0.29, 0.717) is 19.6 Å². The summed E-state index contributed by atoms with van der Waals surface area (Å²) in [7, 11) is 1.62. The minimum atomic E-state index is -0.616. The minimum absolute atomic E-state index is 0.0350. The summed E-state index contributed by atoms with van der Waals surface area (Å²) in [5, 5.41) is 5.99. The Balaban J connectivity index is 1.59. The third kappa shape index (κ3) is 5.48. The van der Waals surface area contributed by atoms with Crippen LogP contribution in [0.5, 0.6) is 5.75 Å². The van der Waals surface area contributed by atoms with E-state index in [2.05, 4.69) is 10.6 Å². The van der Waals surface area contributed by atoms with Crippen molar-refractivity contribution in [3.8, 4) is 5.75 Å². The first-order valence-electron chi connectivity index (χ1n) is 10.0. The molecule has 0 radical (unpaired) electrons. The Hall–Kier alpha value is -2.67. The fourth-order valence-corrected chi connectivity index (χ4v) is 4.14. The summed E-state index contributed by atoms with van der Waals surface area (Å²) in [5.74, 6) is 0.728. The van der Waals surface area contributed by atoms with Crippen LogP contribution in [0, 0.1) is 5.41 Å². The maximum atomic E-state index is 13.0. The third-order valence-electron chi connectivity index (χ3n) is 5.44. The molecule has 7 heteroatoms. The number of carbonyl (C=O) groups is 2. The molecule has 0 spiro atoms. The van der Waals surface area contributed by atoms with Gasteiger partial charge in [0.05, 0.1) is 12.5 Å². The molecule has 0 bridgehead atoms. The minimum Gasteiger partial charge on any atom is -0.497 e. The van der Waals surface area contributed by atoms with Crippen LogP contribution in [0.25, 0.3) is 0 Å². The van der Waals surface area contributed by atoms with Gasteiger partial charge in [-0.3, -0.25) is 4.79 Å². The molecule has 2 N–H and O–H groups in total. The van der Waals surface area contributed by atoms with Gasteiger partial charge in [0.2, 0.25) is 5.91 Å². The van der Waals surface area contributed by atoms with Gasteiger partial charge >= 0.3 is 6.03 Å². The molecule has 1 fully saturated rings. The number of rotatable bonds is 6. The van der Waals surface area contributed by atoms with Crippen LogP contribution in [0.1, 0.15) is 25.3 Å². The lowest BCUT2D eigenvalue weighted by molar-refractivity contribution is -0.132. The second kappa shape index (κ2) is 9.89. The van der Waals surface area contributed by atoms with Gasteiger partial charge in [-0.1, -0.05) is 18.2 Å². The highest BCUT2D eigenvalue weighted by Crippen LogP contribution is 2.30. The second-order valence-corrected chi connectivity index (χ2v) is 8.66. The van der Waals surface area contributed by atoms with Gasteiger partial charge in [0.1, 0.15) is 5.75 Å². The summed E-state index contributed by atoms with van der Waals surface area (Å²) in [4.78, 5) is 28.6. The number of likely N-dealkylation sites (tertiary alicyclic amines) is 1. The highest BCUT2D eigenvalue weighted by Gasteiger charge is 2.39. The molecule has 0 saturated carbocycles. The van der Waals surface area contributed by atoms with Crippen molar-refractivity contribution in [3.05, 3.63) is 54.1 Å². The number of nitrogens with one attached hydrogen (secondary N) is 2. The Morgan fingerprint density at radius 1 is 1.20 bits per heavy atom. The Kier molecular flexibility index (Phi) is 7.26. The van der Waals surface area contributed by atoms with Crippen LogP contribution in [0.15, 0.2) is 53.4 Å². The molecule has 3 rings (SSSR count). The number of nitrogens with zero attached hydrogens (tertiary/aromatic N) is 1. The zero-order chi connectivity index (χ0) is 21.6. The molecule has 1 atom stereocenters. The van der Waals surface area contributed by atoms with Crippen LogP contribution >= 0.6 is 11.8 Å². The summed E-state index contributed by atoms with van der Waals surface area (Å²) in [5.41, 5.74) is 1.13. The standard InChI is InChI=1S/C23H29N3O3S/c1-23(21(27)24-15-17-7-4-9-19(13-17)29-2)11-6-12-26(16-23)22(28)25-18-8-5-10-20(14-18)30-3/h4-5,7-10,13-14H,6,11-12,15-16H2,1-3H3,(H,24,27)(H,25,28)/t23-/m1/s1. The predicted octanol–water partition coefficient (Wildman–Crippen LogP) is 4.37. The van der Waals surface area contributed by atoms with Crippen molar-refractivity contribution in [1.29, 1.82) is 0 Å². The first-order chi connectivity index (χ1) is 14.4. The number of hydrogen-bond donors (Lipinski definition) is 2. The van der Waals surface area contributed by atoms with Gasteiger partial charge in [-0.2, -0.15) is 0 Å². The highest BCUT2D eigenvalue weighted by atomic mass is 32.2. The van der Waals surface area contributed by atoms with E-state index in [0.717, 1.165) is 34.7 Å². The Morgan fingerprint density at radius 2 is 2.00 bits per heavy atom. The van der Waals surface area contributed by atoms with Gasteiger partial charge in [-0.25, -0.2) is 4.79 Å². The first kappa shape index (κ1) is 22.0. The van der Waals surface area contributed by atoms with Crippen molar-refractivity contribution < 1.29 is 14.3 Å². The lowest BCUT2D eigenvalue weighted by Gasteiger charge is -2.39. The van der Waals surface area contributed by atoms with Crippen molar-refractivity contribution in [2.75, 3.05) is 31.8 Å². The molecule has 30 heavy (non-hydrogen) atoms. The molecule has 1 aliphatic heterocycles. The van der Waals surface area contributed by atoms with Crippen molar-refractivity contribution in [2.45, 2.75) is 31.2 Å². The summed E-state index contributed by atoms with van der Waals surface area (Å²) in [6, 6.07) is 15.2. The van der Waals surface area contributed by atoms with Gasteiger partial charge in [0, 0.05) is 30.2 Å². The van der Waals surface area contributed by atoms with Crippen LogP contribution in [0.4, 0.5) is 10.5 Å². The van der Waals surface area contributed by atoms with E-state index in [1.807, 2.05) is 61.7 Å². The fourth-order valence-electron chi connectivity index (χ4n) is 3.68. The molecule has 3 amide bonds. The lowest BCUT2D eigenvalue weighted by atomic mass is 9.81. The Labute approximate surface area is 182 Å². The van der Waals surface area contributed by atoms with Gasteiger partial charge in [-0.15, -0.1) is 11.8 Å². The third-order valence-corrected chi connectivity index (χ3v) is 6.17. The number of urea groups is 1.